The van der Waals surface area contributed by atoms with Crippen molar-refractivity contribution in [2.45, 2.75) is 76.0 Å². The van der Waals surface area contributed by atoms with Crippen molar-refractivity contribution in [2.75, 3.05) is 6.54 Å². The van der Waals surface area contributed by atoms with Gasteiger partial charge in [-0.2, -0.15) is 13.2 Å². The monoisotopic (exact) mass is 543 g/mol. The fraction of sp³-hybridized carbons (Fsp3) is 0.448. The van der Waals surface area contributed by atoms with Crippen molar-refractivity contribution in [3.63, 3.8) is 0 Å². The quantitative estimate of drug-likeness (QED) is 0.327. The Morgan fingerprint density at radius 2 is 1.79 bits per heavy atom. The lowest BCUT2D eigenvalue weighted by molar-refractivity contribution is -0.138. The van der Waals surface area contributed by atoms with Gasteiger partial charge in [0.05, 0.1) is 18.5 Å². The predicted molar refractivity (Wildman–Crippen MR) is 139 cm³/mol. The van der Waals surface area contributed by atoms with Gasteiger partial charge in [-0.1, -0.05) is 49.4 Å². The smallest absolute Gasteiger partial charge is 0.389 e. The molecule has 1 saturated heterocycles. The number of oxazole rings is 1. The molecule has 4 rings (SSSR count). The number of nitrogens with one attached hydrogen (secondary N) is 1. The molecule has 3 atom stereocenters. The van der Waals surface area contributed by atoms with E-state index in [9.17, 15) is 27.6 Å². The van der Waals surface area contributed by atoms with Crippen molar-refractivity contribution < 1.29 is 32.0 Å². The molecule has 1 fully saturated rings. The van der Waals surface area contributed by atoms with Crippen LogP contribution in [0.25, 0.3) is 11.1 Å². The molecule has 0 spiro atoms. The van der Waals surface area contributed by atoms with Crippen LogP contribution in [0.15, 0.2) is 59.0 Å². The van der Waals surface area contributed by atoms with E-state index in [-0.39, 0.29) is 24.8 Å². The number of ketones is 1. The molecular formula is C29H32F3N3O4. The summed E-state index contributed by atoms with van der Waals surface area (Å²) < 4.78 is 43.4. The van der Waals surface area contributed by atoms with Gasteiger partial charge in [0.25, 0.3) is 0 Å². The minimum atomic E-state index is -4.37. The number of hydrogen-bond donors (Lipinski definition) is 1. The molecule has 1 aromatic heterocycles. The normalized spacial score (nSPS) is 17.2. The molecule has 208 valence electrons. The molecule has 10 heteroatoms. The minimum absolute atomic E-state index is 0.0598. The van der Waals surface area contributed by atoms with Gasteiger partial charge in [-0.25, -0.2) is 4.98 Å². The van der Waals surface area contributed by atoms with Crippen molar-refractivity contribution in [3.05, 3.63) is 66.1 Å². The summed E-state index contributed by atoms with van der Waals surface area (Å²) in [4.78, 5) is 45.4. The van der Waals surface area contributed by atoms with E-state index < -0.39 is 49.1 Å². The van der Waals surface area contributed by atoms with Gasteiger partial charge in [-0.05, 0) is 37.0 Å². The number of carbonyl (C=O) groups is 3. The van der Waals surface area contributed by atoms with E-state index in [1.54, 1.807) is 24.0 Å². The Hall–Kier alpha value is -3.69. The summed E-state index contributed by atoms with van der Waals surface area (Å²) in [6.45, 7) is 2.29. The molecule has 2 heterocycles. The van der Waals surface area contributed by atoms with Gasteiger partial charge in [0.2, 0.25) is 11.8 Å². The second-order valence-electron chi connectivity index (χ2n) is 10.0. The van der Waals surface area contributed by atoms with E-state index in [2.05, 4.69) is 10.3 Å². The largest absolute Gasteiger partial charge is 0.440 e. The molecular weight excluding hydrogens is 511 g/mol. The van der Waals surface area contributed by atoms with Gasteiger partial charge in [-0.3, -0.25) is 14.4 Å². The van der Waals surface area contributed by atoms with E-state index in [1.165, 1.54) is 0 Å². The van der Waals surface area contributed by atoms with E-state index in [0.29, 0.717) is 23.5 Å². The number of carbonyl (C=O) groups excluding carboxylic acids is 3. The van der Waals surface area contributed by atoms with E-state index >= 15 is 0 Å². The van der Waals surface area contributed by atoms with Crippen molar-refractivity contribution in [2.24, 2.45) is 0 Å². The molecule has 0 radical (unpaired) electrons. The maximum Gasteiger partial charge on any atom is 0.389 e. The molecule has 0 unspecified atom stereocenters. The molecule has 0 aliphatic carbocycles. The number of benzene rings is 2. The Kier molecular flexibility index (Phi) is 9.04. The molecule has 1 N–H and O–H groups in total. The first-order valence-electron chi connectivity index (χ1n) is 13.2. The first kappa shape index (κ1) is 28.3. The van der Waals surface area contributed by atoms with Crippen LogP contribution in [0.3, 0.4) is 0 Å². The summed E-state index contributed by atoms with van der Waals surface area (Å²) in [6, 6.07) is 15.5. The highest BCUT2D eigenvalue weighted by molar-refractivity contribution is 5.93. The first-order valence-corrected chi connectivity index (χ1v) is 13.2. The SMILES string of the molecule is C[C@H](CC(=O)[C@H](CC(=O)N1CCC[C@@H]1c1ccccc1)NC(=O)CCCC(F)(F)F)c1nc2ccccc2o1. The Balaban J connectivity index is 1.46. The van der Waals surface area contributed by atoms with E-state index in [4.69, 9.17) is 4.42 Å². The molecule has 2 aromatic carbocycles. The zero-order chi connectivity index (χ0) is 28.0. The van der Waals surface area contributed by atoms with E-state index in [1.807, 2.05) is 42.5 Å². The standard InChI is InChI=1S/C29H32F3N3O4/c1-19(28-34-21-11-5-6-13-25(21)39-28)17-24(36)22(33-26(37)14-7-15-29(30,31)32)18-27(38)35-16-8-12-23(35)20-9-3-2-4-10-20/h2-6,9-11,13,19,22-23H,7-8,12,14-18H2,1H3,(H,33,37)/t19-,22+,23-/m1/s1. The van der Waals surface area contributed by atoms with Gasteiger partial charge >= 0.3 is 6.18 Å². The van der Waals surface area contributed by atoms with Crippen LogP contribution in [0.1, 0.15) is 75.3 Å². The number of halogens is 3. The molecule has 0 bridgehead atoms. The lowest BCUT2D eigenvalue weighted by atomic mass is 9.97. The second kappa shape index (κ2) is 12.4. The number of likely N-dealkylation sites (tertiary alicyclic amines) is 1. The van der Waals surface area contributed by atoms with Gasteiger partial charge in [0.15, 0.2) is 17.3 Å². The summed E-state index contributed by atoms with van der Waals surface area (Å²) in [5.74, 6) is -1.47. The van der Waals surface area contributed by atoms with E-state index in [0.717, 1.165) is 18.4 Å². The van der Waals surface area contributed by atoms with Crippen LogP contribution in [0.5, 0.6) is 0 Å². The number of Topliss-reactive ketones (excluding diaryl/α,β-unsaturated/α-hetero) is 1. The van der Waals surface area contributed by atoms with Crippen molar-refractivity contribution in [3.8, 4) is 0 Å². The Bertz CT molecular complexity index is 1260. The third-order valence-electron chi connectivity index (χ3n) is 6.96. The number of fused-ring (bicyclic) bond motifs is 1. The molecule has 0 saturated carbocycles. The maximum absolute atomic E-state index is 13.4. The van der Waals surface area contributed by atoms with Crippen molar-refractivity contribution in [1.82, 2.24) is 15.2 Å². The Morgan fingerprint density at radius 3 is 2.51 bits per heavy atom. The zero-order valence-electron chi connectivity index (χ0n) is 21.7. The Labute approximate surface area is 224 Å². The van der Waals surface area contributed by atoms with Gasteiger partial charge < -0.3 is 14.6 Å². The summed E-state index contributed by atoms with van der Waals surface area (Å²) in [6.07, 6.45) is -5.00. The summed E-state index contributed by atoms with van der Waals surface area (Å²) in [5, 5.41) is 2.54. The number of rotatable bonds is 11. The number of amides is 2. The topological polar surface area (TPSA) is 92.5 Å². The van der Waals surface area contributed by atoms with Crippen LogP contribution < -0.4 is 5.32 Å². The molecule has 1 aliphatic rings. The highest BCUT2D eigenvalue weighted by atomic mass is 19.4. The van der Waals surface area contributed by atoms with Gasteiger partial charge in [0, 0.05) is 31.7 Å². The highest BCUT2D eigenvalue weighted by Gasteiger charge is 2.34. The van der Waals surface area contributed by atoms with Crippen LogP contribution in [-0.4, -0.2) is 46.2 Å². The van der Waals surface area contributed by atoms with Gasteiger partial charge in [-0.15, -0.1) is 0 Å². The van der Waals surface area contributed by atoms with Crippen LogP contribution in [0, 0.1) is 0 Å². The number of para-hydroxylation sites is 2. The minimum Gasteiger partial charge on any atom is -0.440 e. The molecule has 2 amide bonds. The molecule has 39 heavy (non-hydrogen) atoms. The number of aromatic nitrogens is 1. The fourth-order valence-corrected chi connectivity index (χ4v) is 4.97. The number of hydrogen-bond acceptors (Lipinski definition) is 5. The summed E-state index contributed by atoms with van der Waals surface area (Å²) >= 11 is 0. The Morgan fingerprint density at radius 1 is 1.08 bits per heavy atom. The van der Waals surface area contributed by atoms with Crippen molar-refractivity contribution in [1.29, 1.82) is 0 Å². The molecule has 1 aliphatic heterocycles. The third kappa shape index (κ3) is 7.68. The zero-order valence-corrected chi connectivity index (χ0v) is 21.7. The second-order valence-corrected chi connectivity index (χ2v) is 10.0. The average molecular weight is 544 g/mol. The summed E-state index contributed by atoms with van der Waals surface area (Å²) in [7, 11) is 0. The van der Waals surface area contributed by atoms with Crippen LogP contribution >= 0.6 is 0 Å². The van der Waals surface area contributed by atoms with Crippen molar-refractivity contribution >= 4 is 28.7 Å². The number of nitrogens with zero attached hydrogens (tertiary/aromatic N) is 2. The van der Waals surface area contributed by atoms with Crippen LogP contribution in [-0.2, 0) is 14.4 Å². The van der Waals surface area contributed by atoms with Gasteiger partial charge in [0.1, 0.15) is 5.52 Å². The summed E-state index contributed by atoms with van der Waals surface area (Å²) in [5.41, 5.74) is 2.22. The molecule has 3 aromatic rings. The lowest BCUT2D eigenvalue weighted by Gasteiger charge is -2.27. The third-order valence-corrected chi connectivity index (χ3v) is 6.96. The lowest BCUT2D eigenvalue weighted by Crippen LogP contribution is -2.45. The van der Waals surface area contributed by atoms with Crippen LogP contribution in [0.2, 0.25) is 0 Å². The highest BCUT2D eigenvalue weighted by Crippen LogP contribution is 2.33. The predicted octanol–water partition coefficient (Wildman–Crippen LogP) is 5.86. The fourth-order valence-electron chi connectivity index (χ4n) is 4.97. The first-order chi connectivity index (χ1) is 18.6. The maximum atomic E-state index is 13.4. The molecule has 7 nitrogen and oxygen atoms in total. The van der Waals surface area contributed by atoms with Crippen LogP contribution in [0.4, 0.5) is 13.2 Å². The number of alkyl halides is 3. The average Bonchev–Trinajstić information content (AvgIpc) is 3.56.